The van der Waals surface area contributed by atoms with Crippen LogP contribution in [0.1, 0.15) is 25.7 Å². The molecule has 2 fully saturated rings. The highest BCUT2D eigenvalue weighted by Gasteiger charge is 2.40. The number of nitrogens with zero attached hydrogens (tertiary/aromatic N) is 6. The Morgan fingerprint density at radius 1 is 0.517 bits per heavy atom. The summed E-state index contributed by atoms with van der Waals surface area (Å²) < 4.78 is 59.0. The maximum Gasteiger partial charge on any atom is 0.311 e. The van der Waals surface area contributed by atoms with Crippen LogP contribution < -0.4 is 0 Å². The lowest BCUT2D eigenvalue weighted by molar-refractivity contribution is 0.0414. The van der Waals surface area contributed by atoms with Gasteiger partial charge in [-0.05, 0) is 139 Å². The van der Waals surface area contributed by atoms with Crippen molar-refractivity contribution in [1.29, 1.82) is 0 Å². The van der Waals surface area contributed by atoms with Crippen molar-refractivity contribution in [3.63, 3.8) is 0 Å². The van der Waals surface area contributed by atoms with Gasteiger partial charge in [-0.3, -0.25) is 0 Å². The SMILES string of the molecule is C[Si](C)(CCCOCC(O)CN=[N+]=[N-])O[Si](C)(C)O[Si](C)(C)CCCOCC(O)CN=[N+]=[N-].C[Si](C)(CCCOCC1CO1)O[Si](C)(C)O[Si](C)(C)CCCOCC1CO1. The van der Waals surface area contributed by atoms with Gasteiger partial charge in [0.25, 0.3) is 0 Å². The van der Waals surface area contributed by atoms with E-state index in [1.165, 1.54) is 0 Å². The fourth-order valence-electron chi connectivity index (χ4n) is 6.87. The molecule has 0 aliphatic carbocycles. The van der Waals surface area contributed by atoms with Gasteiger partial charge < -0.3 is 55.1 Å². The summed E-state index contributed by atoms with van der Waals surface area (Å²) >= 11 is 0. The van der Waals surface area contributed by atoms with Crippen molar-refractivity contribution < 1.29 is 55.1 Å². The van der Waals surface area contributed by atoms with E-state index in [9.17, 15) is 10.2 Å². The van der Waals surface area contributed by atoms with Crippen LogP contribution in [0.2, 0.25) is 103 Å². The molecule has 0 radical (unpaired) electrons. The molecule has 0 aromatic rings. The fourth-order valence-corrected chi connectivity index (χ4v) is 34.9. The Kier molecular flexibility index (Phi) is 27.8. The van der Waals surface area contributed by atoms with Gasteiger partial charge in [0.15, 0.2) is 33.3 Å². The molecule has 0 saturated carbocycles. The monoisotopic (exact) mass is 958 g/mol. The predicted molar refractivity (Wildman–Crippen MR) is 250 cm³/mol. The van der Waals surface area contributed by atoms with E-state index in [1.54, 1.807) is 0 Å². The standard InChI is InChI=1S/C18H42N6O6Si3.C18H40O6Si3/c1-31(2,11-7-9-27-15-17(25)13-21-23-19)29-33(5,6)30-32(3,4)12-8-10-28-16-18(26)14-22-24-20;1-25(2,11-7-9-19-13-17-15-21-17)23-27(5,6)24-26(3,4)12-8-10-20-14-18-16-22-18/h17-18,25-26H,7-16H2,1-6H3;17-18H,7-16H2,1-6H3. The van der Waals surface area contributed by atoms with Crippen LogP contribution in [0.15, 0.2) is 10.2 Å². The van der Waals surface area contributed by atoms with E-state index in [-0.39, 0.29) is 26.3 Å². The molecule has 0 spiro atoms. The Morgan fingerprint density at radius 3 is 1.03 bits per heavy atom. The first-order valence-electron chi connectivity index (χ1n) is 21.6. The lowest BCUT2D eigenvalue weighted by atomic mass is 10.4. The maximum atomic E-state index is 9.60. The molecule has 2 N–H and O–H groups in total. The molecule has 2 saturated heterocycles. The molecular formula is C36H82N6O12Si6. The molecule has 2 aliphatic heterocycles. The zero-order valence-corrected chi connectivity index (χ0v) is 45.1. The third-order valence-corrected chi connectivity index (χ3v) is 32.0. The van der Waals surface area contributed by atoms with Crippen LogP contribution in [-0.4, -0.2) is 164 Å². The summed E-state index contributed by atoms with van der Waals surface area (Å²) in [6.45, 7) is 32.8. The Balaban J connectivity index is 0.000000610. The number of ether oxygens (including phenoxy) is 6. The number of azide groups is 2. The van der Waals surface area contributed by atoms with Crippen LogP contribution in [0.4, 0.5) is 0 Å². The van der Waals surface area contributed by atoms with Gasteiger partial charge >= 0.3 is 17.1 Å². The minimum absolute atomic E-state index is 0.0160. The van der Waals surface area contributed by atoms with Crippen LogP contribution in [0.25, 0.3) is 20.9 Å². The van der Waals surface area contributed by atoms with E-state index in [2.05, 4.69) is 98.6 Å². The summed E-state index contributed by atoms with van der Waals surface area (Å²) in [6.07, 6.45) is 2.93. The minimum Gasteiger partial charge on any atom is -0.437 e. The average Bonchev–Trinajstić information content (AvgIpc) is 4.04. The van der Waals surface area contributed by atoms with Crippen molar-refractivity contribution in [2.24, 2.45) is 10.2 Å². The van der Waals surface area contributed by atoms with Gasteiger partial charge in [-0.2, -0.15) is 0 Å². The lowest BCUT2D eigenvalue weighted by Crippen LogP contribution is -2.52. The molecule has 2 heterocycles. The number of hydrogen-bond donors (Lipinski definition) is 2. The highest BCUT2D eigenvalue weighted by Crippen LogP contribution is 2.28. The summed E-state index contributed by atoms with van der Waals surface area (Å²) in [6, 6.07) is 4.06. The molecule has 18 nitrogen and oxygen atoms in total. The normalized spacial score (nSPS) is 18.2. The first-order valence-corrected chi connectivity index (χ1v) is 39.7. The highest BCUT2D eigenvalue weighted by molar-refractivity contribution is 6.88. The maximum absolute atomic E-state index is 9.60. The van der Waals surface area contributed by atoms with E-state index >= 15 is 0 Å². The second-order valence-electron chi connectivity index (χ2n) is 19.0. The Morgan fingerprint density at radius 2 is 0.783 bits per heavy atom. The summed E-state index contributed by atoms with van der Waals surface area (Å²) in [5.74, 6) is 0. The molecule has 2 rings (SSSR count). The molecule has 0 bridgehead atoms. The van der Waals surface area contributed by atoms with Gasteiger partial charge in [-0.25, -0.2) is 0 Å². The van der Waals surface area contributed by atoms with Crippen LogP contribution in [0.3, 0.4) is 0 Å². The number of rotatable bonds is 36. The predicted octanol–water partition coefficient (Wildman–Crippen LogP) is 8.03. The van der Waals surface area contributed by atoms with Gasteiger partial charge in [-0.15, -0.1) is 0 Å². The minimum atomic E-state index is -2.31. The van der Waals surface area contributed by atoms with Crippen LogP contribution >= 0.6 is 0 Å². The Labute approximate surface area is 367 Å². The van der Waals surface area contributed by atoms with Crippen molar-refractivity contribution in [3.05, 3.63) is 20.9 Å². The van der Waals surface area contributed by atoms with Crippen LogP contribution in [-0.2, 0) is 44.9 Å². The summed E-state index contributed by atoms with van der Waals surface area (Å²) in [7, 11) is -11.8. The Hall–Kier alpha value is -0.559. The van der Waals surface area contributed by atoms with Gasteiger partial charge in [0, 0.05) is 36.3 Å². The van der Waals surface area contributed by atoms with Crippen molar-refractivity contribution >= 4 is 50.4 Å². The number of epoxide rings is 2. The van der Waals surface area contributed by atoms with Crippen LogP contribution in [0.5, 0.6) is 0 Å². The van der Waals surface area contributed by atoms with E-state index in [1.807, 2.05) is 0 Å². The molecule has 24 heteroatoms. The van der Waals surface area contributed by atoms with E-state index in [0.29, 0.717) is 25.4 Å². The third kappa shape index (κ3) is 33.9. The van der Waals surface area contributed by atoms with Crippen LogP contribution in [0, 0.1) is 0 Å². The molecule has 4 unspecified atom stereocenters. The molecule has 2 aliphatic rings. The molecule has 352 valence electrons. The van der Waals surface area contributed by atoms with Gasteiger partial charge in [0.1, 0.15) is 12.2 Å². The molecule has 0 aromatic heterocycles. The molecule has 0 amide bonds. The second kappa shape index (κ2) is 29.1. The number of hydrogen-bond acceptors (Lipinski definition) is 14. The first-order chi connectivity index (χ1) is 27.9. The quantitative estimate of drug-likeness (QED) is 0.0152. The van der Waals surface area contributed by atoms with Gasteiger partial charge in [-0.1, -0.05) is 10.2 Å². The van der Waals surface area contributed by atoms with E-state index < -0.39 is 62.6 Å². The molecule has 60 heavy (non-hydrogen) atoms. The number of aliphatic hydroxyl groups excluding tert-OH is 2. The zero-order valence-electron chi connectivity index (χ0n) is 39.1. The zero-order chi connectivity index (χ0) is 45.4. The topological polar surface area (TPSA) is 237 Å². The Bertz CT molecular complexity index is 1180. The summed E-state index contributed by atoms with van der Waals surface area (Å²) in [5, 5.41) is 25.8. The van der Waals surface area contributed by atoms with Crippen molar-refractivity contribution in [3.8, 4) is 0 Å². The van der Waals surface area contributed by atoms with Crippen molar-refractivity contribution in [1.82, 2.24) is 0 Å². The highest BCUT2D eigenvalue weighted by atomic mass is 28.5. The second-order valence-corrected chi connectivity index (χ2v) is 43.9. The third-order valence-electron chi connectivity index (χ3n) is 9.10. The fraction of sp³-hybridized carbons (Fsp3) is 1.00. The molecule has 0 aromatic carbocycles. The molecular weight excluding hydrogens is 877 g/mol. The lowest BCUT2D eigenvalue weighted by Gasteiger charge is -2.39. The summed E-state index contributed by atoms with van der Waals surface area (Å²) in [4.78, 5) is 5.23. The van der Waals surface area contributed by atoms with Crippen molar-refractivity contribution in [2.45, 2.75) is 153 Å². The van der Waals surface area contributed by atoms with Crippen molar-refractivity contribution in [2.75, 3.05) is 79.2 Å². The first kappa shape index (κ1) is 57.5. The number of aliphatic hydroxyl groups is 2. The molecule has 4 atom stereocenters. The van der Waals surface area contributed by atoms with Gasteiger partial charge in [0.05, 0.1) is 64.9 Å². The largest absolute Gasteiger partial charge is 0.437 e. The van der Waals surface area contributed by atoms with E-state index in [0.717, 1.165) is 89.5 Å². The smallest absolute Gasteiger partial charge is 0.311 e. The van der Waals surface area contributed by atoms with E-state index in [4.69, 9.17) is 55.9 Å². The summed E-state index contributed by atoms with van der Waals surface area (Å²) in [5.41, 5.74) is 16.5. The van der Waals surface area contributed by atoms with Gasteiger partial charge in [0.2, 0.25) is 0 Å². The average molecular weight is 960 g/mol.